The molecule has 34 heavy (non-hydrogen) atoms. The Hall–Kier alpha value is -3.58. The van der Waals surface area contributed by atoms with E-state index in [-0.39, 0.29) is 11.4 Å². The van der Waals surface area contributed by atoms with Gasteiger partial charge in [0.05, 0.1) is 11.3 Å². The highest BCUT2D eigenvalue weighted by Gasteiger charge is 2.10. The minimum Gasteiger partial charge on any atom is -0.256 e. The van der Waals surface area contributed by atoms with Crippen LogP contribution in [0, 0.1) is 23.0 Å². The molecule has 0 amide bonds. The number of nitriles is 1. The van der Waals surface area contributed by atoms with Gasteiger partial charge in [-0.15, -0.1) is 0 Å². The number of unbranched alkanes of at least 4 members (excludes halogenated alkanes) is 3. The van der Waals surface area contributed by atoms with E-state index in [1.54, 1.807) is 12.1 Å². The Bertz CT molecular complexity index is 1320. The van der Waals surface area contributed by atoms with Gasteiger partial charge in [-0.05, 0) is 72.0 Å². The molecular weight excluding hydrogens is 426 g/mol. The second-order valence-electron chi connectivity index (χ2n) is 8.76. The van der Waals surface area contributed by atoms with Crippen LogP contribution in [0.2, 0.25) is 0 Å². The summed E-state index contributed by atoms with van der Waals surface area (Å²) in [4.78, 5) is 4.63. The van der Waals surface area contributed by atoms with Crippen molar-refractivity contribution in [1.29, 1.82) is 5.26 Å². The van der Waals surface area contributed by atoms with E-state index in [1.165, 1.54) is 43.4 Å². The van der Waals surface area contributed by atoms with Gasteiger partial charge in [0.2, 0.25) is 0 Å². The van der Waals surface area contributed by atoms with E-state index in [2.05, 4.69) is 18.0 Å². The van der Waals surface area contributed by atoms with Crippen LogP contribution in [0.4, 0.5) is 8.78 Å². The maximum atomic E-state index is 15.2. The number of halogens is 2. The Morgan fingerprint density at radius 1 is 0.824 bits per heavy atom. The molecule has 0 unspecified atom stereocenters. The molecule has 2 nitrogen and oxygen atoms in total. The number of nitrogens with zero attached hydrogens (tertiary/aromatic N) is 2. The first-order valence-corrected chi connectivity index (χ1v) is 11.9. The SMILES string of the molecule is CCCCCCc1ccc(-c2ccc3c(F)c(CCc4ccc(C#N)c(F)c4)ccc3c2)nc1. The van der Waals surface area contributed by atoms with E-state index in [0.29, 0.717) is 23.8 Å². The van der Waals surface area contributed by atoms with Crippen LogP contribution in [0.1, 0.15) is 54.9 Å². The summed E-state index contributed by atoms with van der Waals surface area (Å²) in [5.41, 5.74) is 4.45. The molecule has 4 heteroatoms. The minimum atomic E-state index is -0.537. The molecule has 0 aliphatic heterocycles. The Morgan fingerprint density at radius 3 is 2.41 bits per heavy atom. The third kappa shape index (κ3) is 5.48. The molecule has 4 aromatic rings. The fraction of sp³-hybridized carbons (Fsp3) is 0.267. The van der Waals surface area contributed by atoms with Gasteiger partial charge in [0.1, 0.15) is 17.7 Å². The lowest BCUT2D eigenvalue weighted by molar-refractivity contribution is 0.616. The molecular formula is C30H28F2N2. The number of hydrogen-bond donors (Lipinski definition) is 0. The number of hydrogen-bond acceptors (Lipinski definition) is 2. The molecule has 0 aliphatic carbocycles. The highest BCUT2D eigenvalue weighted by Crippen LogP contribution is 2.27. The maximum absolute atomic E-state index is 15.2. The van der Waals surface area contributed by atoms with Gasteiger partial charge in [-0.1, -0.05) is 62.6 Å². The van der Waals surface area contributed by atoms with Crippen molar-refractivity contribution in [2.24, 2.45) is 0 Å². The molecule has 0 bridgehead atoms. The number of benzene rings is 3. The van der Waals surface area contributed by atoms with Crippen molar-refractivity contribution in [3.63, 3.8) is 0 Å². The van der Waals surface area contributed by atoms with Crippen LogP contribution in [0.5, 0.6) is 0 Å². The summed E-state index contributed by atoms with van der Waals surface area (Å²) < 4.78 is 29.0. The predicted molar refractivity (Wildman–Crippen MR) is 134 cm³/mol. The molecule has 0 atom stereocenters. The Balaban J connectivity index is 1.47. The average molecular weight is 455 g/mol. The summed E-state index contributed by atoms with van der Waals surface area (Å²) in [7, 11) is 0. The average Bonchev–Trinajstić information content (AvgIpc) is 2.86. The number of pyridine rings is 1. The van der Waals surface area contributed by atoms with Gasteiger partial charge < -0.3 is 0 Å². The second kappa shape index (κ2) is 11.0. The molecule has 172 valence electrons. The number of aromatic nitrogens is 1. The first-order chi connectivity index (χ1) is 16.6. The van der Waals surface area contributed by atoms with E-state index < -0.39 is 5.82 Å². The van der Waals surface area contributed by atoms with Gasteiger partial charge in [-0.25, -0.2) is 8.78 Å². The van der Waals surface area contributed by atoms with Crippen LogP contribution in [-0.2, 0) is 19.3 Å². The van der Waals surface area contributed by atoms with Crippen LogP contribution in [0.3, 0.4) is 0 Å². The summed E-state index contributed by atoms with van der Waals surface area (Å²) in [6.07, 6.45) is 8.89. The van der Waals surface area contributed by atoms with Crippen molar-refractivity contribution in [2.45, 2.75) is 51.9 Å². The molecule has 0 N–H and O–H groups in total. The fourth-order valence-corrected chi connectivity index (χ4v) is 4.27. The van der Waals surface area contributed by atoms with E-state index in [4.69, 9.17) is 5.26 Å². The summed E-state index contributed by atoms with van der Waals surface area (Å²) in [6.45, 7) is 2.21. The van der Waals surface area contributed by atoms with Crippen molar-refractivity contribution in [3.05, 3.63) is 101 Å². The first-order valence-electron chi connectivity index (χ1n) is 11.9. The predicted octanol–water partition coefficient (Wildman–Crippen LogP) is 7.96. The quantitative estimate of drug-likeness (QED) is 0.241. The largest absolute Gasteiger partial charge is 0.256 e. The van der Waals surface area contributed by atoms with Gasteiger partial charge in [0.25, 0.3) is 0 Å². The van der Waals surface area contributed by atoms with Crippen molar-refractivity contribution in [2.75, 3.05) is 0 Å². The molecule has 0 aliphatic rings. The Morgan fingerprint density at radius 2 is 1.68 bits per heavy atom. The van der Waals surface area contributed by atoms with Gasteiger partial charge in [0.15, 0.2) is 0 Å². The van der Waals surface area contributed by atoms with E-state index in [1.807, 2.05) is 42.6 Å². The lowest BCUT2D eigenvalue weighted by Crippen LogP contribution is -1.97. The molecule has 3 aromatic carbocycles. The van der Waals surface area contributed by atoms with Crippen molar-refractivity contribution in [3.8, 4) is 17.3 Å². The zero-order valence-corrected chi connectivity index (χ0v) is 19.5. The van der Waals surface area contributed by atoms with E-state index >= 15 is 4.39 Å². The second-order valence-corrected chi connectivity index (χ2v) is 8.76. The minimum absolute atomic E-state index is 0.0209. The lowest BCUT2D eigenvalue weighted by Gasteiger charge is -2.09. The molecule has 0 saturated carbocycles. The lowest BCUT2D eigenvalue weighted by atomic mass is 9.98. The molecule has 4 rings (SSSR count). The zero-order chi connectivity index (χ0) is 23.9. The number of fused-ring (bicyclic) bond motifs is 1. The van der Waals surface area contributed by atoms with Gasteiger partial charge >= 0.3 is 0 Å². The summed E-state index contributed by atoms with van der Waals surface area (Å²) in [6, 6.07) is 20.0. The monoisotopic (exact) mass is 454 g/mol. The highest BCUT2D eigenvalue weighted by molar-refractivity contribution is 5.88. The van der Waals surface area contributed by atoms with Crippen LogP contribution in [0.15, 0.2) is 66.9 Å². The molecule has 0 fully saturated rings. The van der Waals surface area contributed by atoms with Crippen LogP contribution in [-0.4, -0.2) is 4.98 Å². The standard InChI is InChI=1S/C30H28F2N2/c1-2-3-4-5-6-22-9-16-29(34-20-22)25-14-15-27-24(18-25)13-12-23(30(27)32)10-7-21-8-11-26(19-33)28(31)17-21/h8-9,11-18,20H,2-7,10H2,1H3. The molecule has 0 radical (unpaired) electrons. The summed E-state index contributed by atoms with van der Waals surface area (Å²) in [5.74, 6) is -0.779. The first kappa shape index (κ1) is 23.6. The van der Waals surface area contributed by atoms with Gasteiger partial charge in [-0.2, -0.15) is 5.26 Å². The van der Waals surface area contributed by atoms with Gasteiger partial charge in [0, 0.05) is 17.1 Å². The fourth-order valence-electron chi connectivity index (χ4n) is 4.27. The van der Waals surface area contributed by atoms with Crippen molar-refractivity contribution in [1.82, 2.24) is 4.98 Å². The molecule has 0 spiro atoms. The molecule has 1 aromatic heterocycles. The van der Waals surface area contributed by atoms with Crippen LogP contribution in [0.25, 0.3) is 22.0 Å². The summed E-state index contributed by atoms with van der Waals surface area (Å²) >= 11 is 0. The van der Waals surface area contributed by atoms with E-state index in [0.717, 1.165) is 28.6 Å². The van der Waals surface area contributed by atoms with Crippen LogP contribution >= 0.6 is 0 Å². The number of aryl methyl sites for hydroxylation is 3. The van der Waals surface area contributed by atoms with Gasteiger partial charge in [-0.3, -0.25) is 4.98 Å². The van der Waals surface area contributed by atoms with Crippen molar-refractivity contribution >= 4 is 10.8 Å². The van der Waals surface area contributed by atoms with E-state index in [9.17, 15) is 4.39 Å². The molecule has 1 heterocycles. The highest BCUT2D eigenvalue weighted by atomic mass is 19.1. The smallest absolute Gasteiger partial charge is 0.141 e. The topological polar surface area (TPSA) is 36.7 Å². The summed E-state index contributed by atoms with van der Waals surface area (Å²) in [5, 5.41) is 10.3. The Kier molecular flexibility index (Phi) is 7.65. The third-order valence-electron chi connectivity index (χ3n) is 6.31. The zero-order valence-electron chi connectivity index (χ0n) is 19.5. The normalized spacial score (nSPS) is 11.0. The van der Waals surface area contributed by atoms with Crippen LogP contribution < -0.4 is 0 Å². The number of rotatable bonds is 9. The molecule has 0 saturated heterocycles. The third-order valence-corrected chi connectivity index (χ3v) is 6.31. The van der Waals surface area contributed by atoms with Crippen molar-refractivity contribution < 1.29 is 8.78 Å². The maximum Gasteiger partial charge on any atom is 0.141 e. The Labute approximate surface area is 199 Å².